The number of hydrogen-bond donors (Lipinski definition) is 0. The summed E-state index contributed by atoms with van der Waals surface area (Å²) in [6.45, 7) is 8.49. The summed E-state index contributed by atoms with van der Waals surface area (Å²) >= 11 is 7.54. The first kappa shape index (κ1) is 22.9. The van der Waals surface area contributed by atoms with Gasteiger partial charge in [-0.25, -0.2) is 0 Å². The van der Waals surface area contributed by atoms with E-state index in [1.165, 1.54) is 29.3 Å². The van der Waals surface area contributed by atoms with E-state index in [1.54, 1.807) is 0 Å². The molecule has 2 atom stereocenters. The summed E-state index contributed by atoms with van der Waals surface area (Å²) in [5.74, 6) is 1.25. The minimum atomic E-state index is 0.164. The van der Waals surface area contributed by atoms with Crippen molar-refractivity contribution >= 4 is 29.3 Å². The average Bonchev–Trinajstić information content (AvgIpc) is 3.18. The van der Waals surface area contributed by atoms with Gasteiger partial charge in [0.25, 0.3) is 0 Å². The molecule has 32 heavy (non-hydrogen) atoms. The van der Waals surface area contributed by atoms with Crippen LogP contribution in [0.15, 0.2) is 47.6 Å². The van der Waals surface area contributed by atoms with Crippen molar-refractivity contribution in [1.82, 2.24) is 19.7 Å². The van der Waals surface area contributed by atoms with Crippen molar-refractivity contribution in [2.45, 2.75) is 64.2 Å². The number of carbonyl (C=O) groups is 1. The number of thioether (sulfide) groups is 1. The van der Waals surface area contributed by atoms with Gasteiger partial charge in [0.05, 0.1) is 11.4 Å². The van der Waals surface area contributed by atoms with Crippen molar-refractivity contribution in [2.75, 3.05) is 5.75 Å². The summed E-state index contributed by atoms with van der Waals surface area (Å²) in [6, 6.07) is 14.5. The van der Waals surface area contributed by atoms with Crippen molar-refractivity contribution < 1.29 is 4.79 Å². The number of nitrogens with zero attached hydrogens (tertiary/aromatic N) is 4. The first-order valence-electron chi connectivity index (χ1n) is 11.1. The van der Waals surface area contributed by atoms with Crippen molar-refractivity contribution in [1.29, 1.82) is 0 Å². The first-order chi connectivity index (χ1) is 15.3. The predicted molar refractivity (Wildman–Crippen MR) is 132 cm³/mol. The quantitative estimate of drug-likeness (QED) is 0.425. The smallest absolute Gasteiger partial charge is 0.233 e. The van der Waals surface area contributed by atoms with Gasteiger partial charge in [-0.1, -0.05) is 29.4 Å². The Hall–Kier alpha value is -2.31. The number of amides is 1. The third-order valence-corrected chi connectivity index (χ3v) is 7.46. The number of piperidine rings is 1. The number of aryl methyl sites for hydroxylation is 2. The Bertz CT molecular complexity index is 1100. The zero-order chi connectivity index (χ0) is 22.8. The van der Waals surface area contributed by atoms with Gasteiger partial charge in [0.15, 0.2) is 11.0 Å². The molecule has 0 spiro atoms. The van der Waals surface area contributed by atoms with Crippen LogP contribution < -0.4 is 0 Å². The molecule has 2 aromatic carbocycles. The largest absolute Gasteiger partial charge is 0.337 e. The topological polar surface area (TPSA) is 51.0 Å². The SMILES string of the molecule is Cc1ccc(-n2c(SCC(=O)N3[C@@H](C)CCC[C@@H]3C)nnc2-c2ccc(Cl)cc2)cc1C. The maximum absolute atomic E-state index is 13.1. The van der Waals surface area contributed by atoms with Gasteiger partial charge in [-0.05, 0) is 94.5 Å². The Labute approximate surface area is 199 Å². The van der Waals surface area contributed by atoms with Crippen LogP contribution in [0.2, 0.25) is 5.02 Å². The average molecular weight is 469 g/mol. The van der Waals surface area contributed by atoms with E-state index in [4.69, 9.17) is 11.6 Å². The van der Waals surface area contributed by atoms with Crippen LogP contribution in [0.25, 0.3) is 17.1 Å². The van der Waals surface area contributed by atoms with Gasteiger partial charge in [0.1, 0.15) is 0 Å². The molecule has 3 aromatic rings. The Kier molecular flexibility index (Phi) is 6.91. The zero-order valence-corrected chi connectivity index (χ0v) is 20.6. The van der Waals surface area contributed by atoms with E-state index in [1.807, 2.05) is 33.7 Å². The van der Waals surface area contributed by atoms with Crippen LogP contribution in [0.3, 0.4) is 0 Å². The van der Waals surface area contributed by atoms with E-state index in [9.17, 15) is 4.79 Å². The summed E-state index contributed by atoms with van der Waals surface area (Å²) in [5, 5.41) is 10.3. The summed E-state index contributed by atoms with van der Waals surface area (Å²) in [7, 11) is 0. The van der Waals surface area contributed by atoms with Crippen LogP contribution in [-0.2, 0) is 4.79 Å². The highest BCUT2D eigenvalue weighted by molar-refractivity contribution is 7.99. The highest BCUT2D eigenvalue weighted by Gasteiger charge is 2.29. The normalized spacial score (nSPS) is 18.7. The molecular formula is C25H29ClN4OS. The Morgan fingerprint density at radius 1 is 1.03 bits per heavy atom. The standard InChI is InChI=1S/C25H29ClN4OS/c1-16-8-13-22(14-17(16)2)30-24(20-9-11-21(26)12-10-20)27-28-25(30)32-15-23(31)29-18(3)6-5-7-19(29)4/h8-14,18-19H,5-7,15H2,1-4H3/t18-,19-/m0/s1. The molecule has 168 valence electrons. The van der Waals surface area contributed by atoms with E-state index < -0.39 is 0 Å². The van der Waals surface area contributed by atoms with Crippen molar-refractivity contribution in [3.63, 3.8) is 0 Å². The van der Waals surface area contributed by atoms with Crippen LogP contribution in [0, 0.1) is 13.8 Å². The molecule has 1 aliphatic rings. The lowest BCUT2D eigenvalue weighted by Crippen LogP contribution is -2.48. The summed E-state index contributed by atoms with van der Waals surface area (Å²) in [4.78, 5) is 15.1. The lowest BCUT2D eigenvalue weighted by atomic mass is 9.98. The van der Waals surface area contributed by atoms with E-state index in [0.717, 1.165) is 29.9 Å². The fraction of sp³-hybridized carbons (Fsp3) is 0.400. The number of aromatic nitrogens is 3. The Balaban J connectivity index is 1.66. The maximum atomic E-state index is 13.1. The molecule has 1 aromatic heterocycles. The number of hydrogen-bond acceptors (Lipinski definition) is 4. The molecule has 1 saturated heterocycles. The second-order valence-electron chi connectivity index (χ2n) is 8.64. The van der Waals surface area contributed by atoms with Gasteiger partial charge < -0.3 is 4.90 Å². The van der Waals surface area contributed by atoms with E-state index in [0.29, 0.717) is 15.9 Å². The van der Waals surface area contributed by atoms with Gasteiger partial charge in [-0.15, -0.1) is 10.2 Å². The van der Waals surface area contributed by atoms with E-state index >= 15 is 0 Å². The van der Waals surface area contributed by atoms with Gasteiger partial charge in [0, 0.05) is 22.7 Å². The molecule has 5 nitrogen and oxygen atoms in total. The van der Waals surface area contributed by atoms with Crippen molar-refractivity contribution in [3.05, 3.63) is 58.6 Å². The van der Waals surface area contributed by atoms with Crippen molar-refractivity contribution in [2.24, 2.45) is 0 Å². The second kappa shape index (κ2) is 9.67. The zero-order valence-electron chi connectivity index (χ0n) is 19.0. The van der Waals surface area contributed by atoms with Crippen LogP contribution in [0.1, 0.15) is 44.2 Å². The van der Waals surface area contributed by atoms with Crippen LogP contribution in [0.4, 0.5) is 0 Å². The van der Waals surface area contributed by atoms with Crippen LogP contribution in [0.5, 0.6) is 0 Å². The Morgan fingerprint density at radius 2 is 1.72 bits per heavy atom. The molecule has 0 aliphatic carbocycles. The molecule has 0 unspecified atom stereocenters. The summed E-state index contributed by atoms with van der Waals surface area (Å²) in [6.07, 6.45) is 3.32. The fourth-order valence-electron chi connectivity index (χ4n) is 4.36. The first-order valence-corrected chi connectivity index (χ1v) is 12.4. The van der Waals surface area contributed by atoms with Gasteiger partial charge in [-0.3, -0.25) is 9.36 Å². The molecular weight excluding hydrogens is 440 g/mol. The number of carbonyl (C=O) groups excluding carboxylic acids is 1. The number of rotatable bonds is 5. The molecule has 1 fully saturated rings. The molecule has 4 rings (SSSR count). The van der Waals surface area contributed by atoms with Gasteiger partial charge >= 0.3 is 0 Å². The third-order valence-electron chi connectivity index (χ3n) is 6.29. The third kappa shape index (κ3) is 4.71. The highest BCUT2D eigenvalue weighted by atomic mass is 35.5. The minimum absolute atomic E-state index is 0.164. The summed E-state index contributed by atoms with van der Waals surface area (Å²) in [5.41, 5.74) is 4.34. The molecule has 1 amide bonds. The van der Waals surface area contributed by atoms with Crippen molar-refractivity contribution in [3.8, 4) is 17.1 Å². The number of benzene rings is 2. The van der Waals surface area contributed by atoms with Crippen LogP contribution in [-0.4, -0.2) is 43.4 Å². The molecule has 7 heteroatoms. The van der Waals surface area contributed by atoms with Crippen LogP contribution >= 0.6 is 23.4 Å². The highest BCUT2D eigenvalue weighted by Crippen LogP contribution is 2.31. The summed E-state index contributed by atoms with van der Waals surface area (Å²) < 4.78 is 2.04. The molecule has 1 aliphatic heterocycles. The number of halogens is 1. The molecule has 2 heterocycles. The lowest BCUT2D eigenvalue weighted by Gasteiger charge is -2.39. The van der Waals surface area contributed by atoms with Gasteiger partial charge in [0.2, 0.25) is 5.91 Å². The van der Waals surface area contributed by atoms with Gasteiger partial charge in [-0.2, -0.15) is 0 Å². The molecule has 0 bridgehead atoms. The fourth-order valence-corrected chi connectivity index (χ4v) is 5.31. The Morgan fingerprint density at radius 3 is 2.38 bits per heavy atom. The minimum Gasteiger partial charge on any atom is -0.337 e. The second-order valence-corrected chi connectivity index (χ2v) is 10.0. The molecule has 0 radical (unpaired) electrons. The van der Waals surface area contributed by atoms with E-state index in [-0.39, 0.29) is 18.0 Å². The molecule has 0 saturated carbocycles. The predicted octanol–water partition coefficient (Wildman–Crippen LogP) is 6.09. The lowest BCUT2D eigenvalue weighted by molar-refractivity contribution is -0.134. The monoisotopic (exact) mass is 468 g/mol. The molecule has 0 N–H and O–H groups in total. The maximum Gasteiger partial charge on any atom is 0.233 e. The number of likely N-dealkylation sites (tertiary alicyclic amines) is 1. The van der Waals surface area contributed by atoms with E-state index in [2.05, 4.69) is 56.1 Å².